The molecule has 5 nitrogen and oxygen atoms in total. The molecule has 0 aliphatic carbocycles. The first-order valence-corrected chi connectivity index (χ1v) is 8.14. The predicted molar refractivity (Wildman–Crippen MR) is 77.3 cm³/mol. The molecule has 0 radical (unpaired) electrons. The first-order chi connectivity index (χ1) is 8.75. The zero-order valence-corrected chi connectivity index (χ0v) is 13.3. The molecule has 7 heteroatoms. The van der Waals surface area contributed by atoms with Crippen molar-refractivity contribution in [1.82, 2.24) is 4.31 Å². The second-order valence-corrected chi connectivity index (χ2v) is 7.82. The Morgan fingerprint density at radius 3 is 2.68 bits per heavy atom. The number of morpholine rings is 1. The van der Waals surface area contributed by atoms with Crippen molar-refractivity contribution in [1.29, 1.82) is 0 Å². The third-order valence-electron chi connectivity index (χ3n) is 3.09. The van der Waals surface area contributed by atoms with Crippen LogP contribution in [-0.4, -0.2) is 38.0 Å². The number of ether oxygens (including phenoxy) is 1. The average molecular weight is 349 g/mol. The Balaban J connectivity index is 2.47. The molecule has 1 aromatic carbocycles. The van der Waals surface area contributed by atoms with E-state index in [0.717, 1.165) is 0 Å². The molecule has 1 aliphatic rings. The SMILES string of the molecule is CC1(C)COCCN1S(=O)(=O)c1ccc(N)cc1Br. The van der Waals surface area contributed by atoms with Gasteiger partial charge in [-0.05, 0) is 48.0 Å². The molecule has 0 aromatic heterocycles. The summed E-state index contributed by atoms with van der Waals surface area (Å²) in [5.74, 6) is 0. The molecule has 0 bridgehead atoms. The van der Waals surface area contributed by atoms with Crippen LogP contribution in [0.4, 0.5) is 5.69 Å². The Labute approximate surface area is 121 Å². The molecular formula is C12H17BrN2O3S. The number of hydrogen-bond donors (Lipinski definition) is 1. The van der Waals surface area contributed by atoms with E-state index in [0.29, 0.717) is 29.9 Å². The van der Waals surface area contributed by atoms with Gasteiger partial charge in [-0.2, -0.15) is 4.31 Å². The van der Waals surface area contributed by atoms with Gasteiger partial charge < -0.3 is 10.5 Å². The van der Waals surface area contributed by atoms with Crippen molar-refractivity contribution in [2.24, 2.45) is 0 Å². The van der Waals surface area contributed by atoms with Crippen LogP contribution < -0.4 is 5.73 Å². The van der Waals surface area contributed by atoms with E-state index < -0.39 is 15.6 Å². The lowest BCUT2D eigenvalue weighted by Gasteiger charge is -2.40. The third kappa shape index (κ3) is 2.79. The molecule has 19 heavy (non-hydrogen) atoms. The van der Waals surface area contributed by atoms with Crippen LogP contribution in [0.1, 0.15) is 13.8 Å². The van der Waals surface area contributed by atoms with Crippen LogP contribution in [-0.2, 0) is 14.8 Å². The van der Waals surface area contributed by atoms with Crippen LogP contribution in [0.15, 0.2) is 27.6 Å². The number of sulfonamides is 1. The van der Waals surface area contributed by atoms with E-state index in [2.05, 4.69) is 15.9 Å². The lowest BCUT2D eigenvalue weighted by molar-refractivity contribution is -0.00772. The van der Waals surface area contributed by atoms with Crippen LogP contribution in [0, 0.1) is 0 Å². The van der Waals surface area contributed by atoms with Gasteiger partial charge in [0.2, 0.25) is 10.0 Å². The molecule has 1 aromatic rings. The van der Waals surface area contributed by atoms with Gasteiger partial charge in [0.25, 0.3) is 0 Å². The summed E-state index contributed by atoms with van der Waals surface area (Å²) in [5.41, 5.74) is 5.61. The summed E-state index contributed by atoms with van der Waals surface area (Å²) in [7, 11) is -3.57. The summed E-state index contributed by atoms with van der Waals surface area (Å²) in [6, 6.07) is 4.71. The molecule has 1 fully saturated rings. The normalized spacial score (nSPS) is 20.4. The highest BCUT2D eigenvalue weighted by atomic mass is 79.9. The molecule has 0 spiro atoms. The molecule has 2 N–H and O–H groups in total. The Morgan fingerprint density at radius 1 is 1.42 bits per heavy atom. The number of benzene rings is 1. The number of halogens is 1. The van der Waals surface area contributed by atoms with Gasteiger partial charge in [-0.25, -0.2) is 8.42 Å². The Hall–Kier alpha value is -0.630. The zero-order valence-electron chi connectivity index (χ0n) is 10.9. The van der Waals surface area contributed by atoms with E-state index in [1.54, 1.807) is 12.1 Å². The number of nitrogens with zero attached hydrogens (tertiary/aromatic N) is 1. The highest BCUT2D eigenvalue weighted by Crippen LogP contribution is 2.32. The van der Waals surface area contributed by atoms with Crippen LogP contribution in [0.2, 0.25) is 0 Å². The molecule has 0 saturated carbocycles. The minimum absolute atomic E-state index is 0.233. The van der Waals surface area contributed by atoms with Gasteiger partial charge in [0.05, 0.1) is 23.6 Å². The summed E-state index contributed by atoms with van der Waals surface area (Å²) < 4.78 is 32.8. The number of anilines is 1. The van der Waals surface area contributed by atoms with Crippen LogP contribution in [0.5, 0.6) is 0 Å². The number of hydrogen-bond acceptors (Lipinski definition) is 4. The van der Waals surface area contributed by atoms with Crippen molar-refractivity contribution in [3.63, 3.8) is 0 Å². The summed E-state index contributed by atoms with van der Waals surface area (Å²) >= 11 is 3.27. The first-order valence-electron chi connectivity index (χ1n) is 5.91. The molecule has 0 atom stereocenters. The Bertz CT molecular complexity index is 587. The fourth-order valence-electron chi connectivity index (χ4n) is 2.13. The molecule has 1 heterocycles. The van der Waals surface area contributed by atoms with Gasteiger partial charge in [0.15, 0.2) is 0 Å². The summed E-state index contributed by atoms with van der Waals surface area (Å²) in [6.45, 7) is 4.87. The predicted octanol–water partition coefficient (Wildman–Crippen LogP) is 1.83. The summed E-state index contributed by atoms with van der Waals surface area (Å²) in [6.07, 6.45) is 0. The maximum atomic E-state index is 12.7. The average Bonchev–Trinajstić information content (AvgIpc) is 2.27. The largest absolute Gasteiger partial charge is 0.399 e. The lowest BCUT2D eigenvalue weighted by Crippen LogP contribution is -2.55. The highest BCUT2D eigenvalue weighted by Gasteiger charge is 2.40. The second kappa shape index (κ2) is 5.05. The first kappa shape index (κ1) is 14.8. The second-order valence-electron chi connectivity index (χ2n) is 5.13. The van der Waals surface area contributed by atoms with Gasteiger partial charge in [-0.1, -0.05) is 0 Å². The van der Waals surface area contributed by atoms with Crippen molar-refractivity contribution >= 4 is 31.6 Å². The molecule has 1 aliphatic heterocycles. The van der Waals surface area contributed by atoms with E-state index in [1.165, 1.54) is 10.4 Å². The minimum Gasteiger partial charge on any atom is -0.399 e. The Morgan fingerprint density at radius 2 is 2.11 bits per heavy atom. The van der Waals surface area contributed by atoms with Gasteiger partial charge in [0, 0.05) is 16.7 Å². The number of nitrogens with two attached hydrogens (primary N) is 1. The number of nitrogen functional groups attached to an aromatic ring is 1. The summed E-state index contributed by atoms with van der Waals surface area (Å²) in [4.78, 5) is 0.233. The topological polar surface area (TPSA) is 72.6 Å². The molecule has 1 saturated heterocycles. The van der Waals surface area contributed by atoms with E-state index >= 15 is 0 Å². The van der Waals surface area contributed by atoms with Gasteiger partial charge >= 0.3 is 0 Å². The molecule has 0 unspecified atom stereocenters. The highest BCUT2D eigenvalue weighted by molar-refractivity contribution is 9.10. The van der Waals surface area contributed by atoms with Crippen molar-refractivity contribution in [3.05, 3.63) is 22.7 Å². The zero-order chi connectivity index (χ0) is 14.3. The number of rotatable bonds is 2. The standard InChI is InChI=1S/C12H17BrN2O3S/c1-12(2)8-18-6-5-15(12)19(16,17)11-4-3-9(14)7-10(11)13/h3-4,7H,5-6,8,14H2,1-2H3. The van der Waals surface area contributed by atoms with E-state index in [-0.39, 0.29) is 4.90 Å². The fraction of sp³-hybridized carbons (Fsp3) is 0.500. The minimum atomic E-state index is -3.57. The lowest BCUT2D eigenvalue weighted by atomic mass is 10.1. The monoisotopic (exact) mass is 348 g/mol. The van der Waals surface area contributed by atoms with Crippen molar-refractivity contribution in [2.75, 3.05) is 25.5 Å². The van der Waals surface area contributed by atoms with Crippen LogP contribution >= 0.6 is 15.9 Å². The van der Waals surface area contributed by atoms with Crippen molar-refractivity contribution < 1.29 is 13.2 Å². The maximum Gasteiger partial charge on any atom is 0.244 e. The molecule has 2 rings (SSSR count). The maximum absolute atomic E-state index is 12.7. The van der Waals surface area contributed by atoms with E-state index in [9.17, 15) is 8.42 Å². The molecule has 106 valence electrons. The smallest absolute Gasteiger partial charge is 0.244 e. The molecular weight excluding hydrogens is 332 g/mol. The van der Waals surface area contributed by atoms with Crippen molar-refractivity contribution in [2.45, 2.75) is 24.3 Å². The Kier molecular flexibility index (Phi) is 3.92. The third-order valence-corrected chi connectivity index (χ3v) is 6.18. The summed E-state index contributed by atoms with van der Waals surface area (Å²) in [5, 5.41) is 0. The van der Waals surface area contributed by atoms with Crippen molar-refractivity contribution in [3.8, 4) is 0 Å². The fourth-order valence-corrected chi connectivity index (χ4v) is 4.95. The molecule has 0 amide bonds. The van der Waals surface area contributed by atoms with Gasteiger partial charge in [-0.3, -0.25) is 0 Å². The van der Waals surface area contributed by atoms with Gasteiger partial charge in [0.1, 0.15) is 0 Å². The van der Waals surface area contributed by atoms with Crippen LogP contribution in [0.25, 0.3) is 0 Å². The quantitative estimate of drug-likeness (QED) is 0.827. The van der Waals surface area contributed by atoms with Crippen LogP contribution in [0.3, 0.4) is 0 Å². The van der Waals surface area contributed by atoms with E-state index in [1.807, 2.05) is 13.8 Å². The van der Waals surface area contributed by atoms with Gasteiger partial charge in [-0.15, -0.1) is 0 Å². The van der Waals surface area contributed by atoms with E-state index in [4.69, 9.17) is 10.5 Å².